The number of H-pyrrole nitrogens is 1. The number of fused-ring (bicyclic) bond motifs is 4. The number of nitrogens with one attached hydrogen (secondary N) is 1. The van der Waals surface area contributed by atoms with Crippen LogP contribution in [0.15, 0.2) is 18.6 Å². The van der Waals surface area contributed by atoms with Gasteiger partial charge in [-0.05, 0) is 79.5 Å². The van der Waals surface area contributed by atoms with Crippen LogP contribution in [0.25, 0.3) is 27.1 Å². The van der Waals surface area contributed by atoms with Crippen molar-refractivity contribution in [2.24, 2.45) is 11.8 Å². The fourth-order valence-electron chi connectivity index (χ4n) is 6.13. The highest BCUT2D eigenvalue weighted by molar-refractivity contribution is 7.19. The van der Waals surface area contributed by atoms with E-state index in [9.17, 15) is 0 Å². The van der Waals surface area contributed by atoms with Gasteiger partial charge in [0.1, 0.15) is 11.2 Å². The SMILES string of the molecule is Cc1c(C2CC3COCC(C3)C2)sc2[nH]c(-c3cc(C)c4ncnn4c3)c(C(C)C)c12. The third-order valence-electron chi connectivity index (χ3n) is 7.37. The lowest BCUT2D eigenvalue weighted by molar-refractivity contribution is -0.0156. The van der Waals surface area contributed by atoms with E-state index in [4.69, 9.17) is 4.74 Å². The van der Waals surface area contributed by atoms with Gasteiger partial charge in [0.25, 0.3) is 0 Å². The second kappa shape index (κ2) is 7.17. The number of pyridine rings is 1. The second-order valence-electron chi connectivity index (χ2n) is 9.98. The van der Waals surface area contributed by atoms with Crippen molar-refractivity contribution in [3.05, 3.63) is 40.2 Å². The zero-order valence-corrected chi connectivity index (χ0v) is 19.6. The van der Waals surface area contributed by atoms with Gasteiger partial charge in [-0.25, -0.2) is 9.50 Å². The summed E-state index contributed by atoms with van der Waals surface area (Å²) in [7, 11) is 0. The number of rotatable bonds is 3. The van der Waals surface area contributed by atoms with Gasteiger partial charge in [0.2, 0.25) is 0 Å². The lowest BCUT2D eigenvalue weighted by atomic mass is 9.73. The van der Waals surface area contributed by atoms with Crippen LogP contribution in [0.4, 0.5) is 0 Å². The Labute approximate surface area is 186 Å². The normalized spacial score (nSPS) is 24.0. The Balaban J connectivity index is 1.47. The van der Waals surface area contributed by atoms with Crippen LogP contribution < -0.4 is 0 Å². The van der Waals surface area contributed by atoms with Gasteiger partial charge >= 0.3 is 0 Å². The standard InChI is InChI=1S/C25H30N4OS/c1-13(2)20-21-15(4)23(18-7-16-6-17(8-18)11-30-10-16)31-25(21)28-22(20)19-5-14(3)24-26-12-27-29(24)9-19/h5,9,12-13,16-18,28H,6-8,10-11H2,1-4H3. The van der Waals surface area contributed by atoms with Crippen molar-refractivity contribution in [1.82, 2.24) is 19.6 Å². The van der Waals surface area contributed by atoms with Gasteiger partial charge < -0.3 is 9.72 Å². The Hall–Kier alpha value is -2.18. The second-order valence-corrected chi connectivity index (χ2v) is 11.0. The zero-order chi connectivity index (χ0) is 21.3. The Morgan fingerprint density at radius 2 is 1.94 bits per heavy atom. The number of thiophene rings is 1. The summed E-state index contributed by atoms with van der Waals surface area (Å²) in [6, 6.07) is 2.24. The summed E-state index contributed by atoms with van der Waals surface area (Å²) in [5.41, 5.74) is 7.43. The largest absolute Gasteiger partial charge is 0.381 e. The molecule has 0 amide bonds. The lowest BCUT2D eigenvalue weighted by Gasteiger charge is -2.38. The van der Waals surface area contributed by atoms with Crippen molar-refractivity contribution in [2.75, 3.05) is 13.2 Å². The predicted molar refractivity (Wildman–Crippen MR) is 126 cm³/mol. The Bertz CT molecular complexity index is 1270. The number of hydrogen-bond donors (Lipinski definition) is 1. The molecule has 0 spiro atoms. The lowest BCUT2D eigenvalue weighted by Crippen LogP contribution is -2.32. The average Bonchev–Trinajstić information content (AvgIpc) is 3.42. The van der Waals surface area contributed by atoms with Crippen LogP contribution in [-0.2, 0) is 4.74 Å². The first-order valence-corrected chi connectivity index (χ1v) is 12.3. The van der Waals surface area contributed by atoms with Gasteiger partial charge in [-0.2, -0.15) is 5.10 Å². The fourth-order valence-corrected chi connectivity index (χ4v) is 7.48. The molecule has 2 bridgehead atoms. The molecule has 2 fully saturated rings. The minimum absolute atomic E-state index is 0.441. The molecule has 0 aromatic carbocycles. The number of aromatic nitrogens is 4. The molecule has 1 N–H and O–H groups in total. The molecule has 1 aliphatic heterocycles. The van der Waals surface area contributed by atoms with Gasteiger partial charge in [0, 0.05) is 35.2 Å². The molecule has 4 aromatic rings. The van der Waals surface area contributed by atoms with Crippen molar-refractivity contribution >= 4 is 27.2 Å². The van der Waals surface area contributed by atoms with Crippen LogP contribution in [0.1, 0.15) is 66.5 Å². The molecule has 6 rings (SSSR count). The summed E-state index contributed by atoms with van der Waals surface area (Å²) in [5.74, 6) is 2.62. The molecule has 1 saturated carbocycles. The summed E-state index contributed by atoms with van der Waals surface area (Å²) < 4.78 is 7.72. The predicted octanol–water partition coefficient (Wildman–Crippen LogP) is 6.21. The van der Waals surface area contributed by atoms with E-state index in [0.717, 1.165) is 36.3 Å². The molecule has 2 unspecified atom stereocenters. The molecule has 5 nitrogen and oxygen atoms in total. The molecular formula is C25H30N4OS. The molecule has 2 aliphatic rings. The summed E-state index contributed by atoms with van der Waals surface area (Å²) in [6.07, 6.45) is 7.67. The minimum Gasteiger partial charge on any atom is -0.381 e. The number of nitrogens with zero attached hydrogens (tertiary/aromatic N) is 3. The number of aromatic amines is 1. The number of ether oxygens (including phenoxy) is 1. The van der Waals surface area contributed by atoms with Gasteiger partial charge in [0.15, 0.2) is 5.65 Å². The van der Waals surface area contributed by atoms with Crippen LogP contribution >= 0.6 is 11.3 Å². The van der Waals surface area contributed by atoms with Crippen molar-refractivity contribution < 1.29 is 4.74 Å². The van der Waals surface area contributed by atoms with Crippen LogP contribution in [-0.4, -0.2) is 32.8 Å². The molecule has 6 heteroatoms. The van der Waals surface area contributed by atoms with E-state index in [1.807, 2.05) is 15.9 Å². The minimum atomic E-state index is 0.441. The molecule has 0 radical (unpaired) electrons. The van der Waals surface area contributed by atoms with Crippen LogP contribution in [0, 0.1) is 25.7 Å². The van der Waals surface area contributed by atoms with E-state index in [1.165, 1.54) is 51.9 Å². The number of aryl methyl sites for hydroxylation is 2. The molecule has 5 heterocycles. The van der Waals surface area contributed by atoms with Gasteiger partial charge in [0.05, 0.1) is 5.69 Å². The van der Waals surface area contributed by atoms with Crippen LogP contribution in [0.2, 0.25) is 0 Å². The maximum Gasteiger partial charge on any atom is 0.158 e. The Morgan fingerprint density at radius 1 is 1.16 bits per heavy atom. The van der Waals surface area contributed by atoms with E-state index >= 15 is 0 Å². The molecule has 1 aliphatic carbocycles. The van der Waals surface area contributed by atoms with E-state index in [2.05, 4.69) is 55.0 Å². The van der Waals surface area contributed by atoms with E-state index in [0.29, 0.717) is 11.8 Å². The van der Waals surface area contributed by atoms with Crippen LogP contribution in [0.5, 0.6) is 0 Å². The first-order valence-electron chi connectivity index (χ1n) is 11.5. The quantitative estimate of drug-likeness (QED) is 0.417. The third kappa shape index (κ3) is 3.06. The smallest absolute Gasteiger partial charge is 0.158 e. The molecular weight excluding hydrogens is 404 g/mol. The Kier molecular flexibility index (Phi) is 4.51. The first-order chi connectivity index (χ1) is 15.0. The highest BCUT2D eigenvalue weighted by Gasteiger charge is 2.35. The maximum absolute atomic E-state index is 5.83. The van der Waals surface area contributed by atoms with Crippen molar-refractivity contribution in [2.45, 2.75) is 58.8 Å². The number of hydrogen-bond acceptors (Lipinski definition) is 4. The molecule has 1 saturated heterocycles. The molecule has 31 heavy (non-hydrogen) atoms. The third-order valence-corrected chi connectivity index (χ3v) is 8.74. The summed E-state index contributed by atoms with van der Waals surface area (Å²) in [5, 5.41) is 5.84. The highest BCUT2D eigenvalue weighted by Crippen LogP contribution is 2.49. The molecule has 4 aromatic heterocycles. The summed E-state index contributed by atoms with van der Waals surface area (Å²) >= 11 is 1.99. The van der Waals surface area contributed by atoms with Gasteiger partial charge in [-0.3, -0.25) is 0 Å². The van der Waals surface area contributed by atoms with Crippen molar-refractivity contribution in [3.8, 4) is 11.3 Å². The topological polar surface area (TPSA) is 55.2 Å². The summed E-state index contributed by atoms with van der Waals surface area (Å²) in [6.45, 7) is 11.0. The van der Waals surface area contributed by atoms with Crippen molar-refractivity contribution in [1.29, 1.82) is 0 Å². The maximum atomic E-state index is 5.83. The van der Waals surface area contributed by atoms with E-state index in [1.54, 1.807) is 11.2 Å². The fraction of sp³-hybridized carbons (Fsp3) is 0.520. The zero-order valence-electron chi connectivity index (χ0n) is 18.7. The average molecular weight is 435 g/mol. The monoisotopic (exact) mass is 434 g/mol. The van der Waals surface area contributed by atoms with Gasteiger partial charge in [-0.15, -0.1) is 11.3 Å². The highest BCUT2D eigenvalue weighted by atomic mass is 32.1. The summed E-state index contributed by atoms with van der Waals surface area (Å²) in [4.78, 5) is 11.1. The van der Waals surface area contributed by atoms with Crippen molar-refractivity contribution in [3.63, 3.8) is 0 Å². The van der Waals surface area contributed by atoms with Crippen LogP contribution in [0.3, 0.4) is 0 Å². The Morgan fingerprint density at radius 3 is 2.68 bits per heavy atom. The first kappa shape index (κ1) is 19.5. The van der Waals surface area contributed by atoms with E-state index in [-0.39, 0.29) is 0 Å². The molecule has 162 valence electrons. The van der Waals surface area contributed by atoms with Gasteiger partial charge in [-0.1, -0.05) is 13.8 Å². The molecule has 2 atom stereocenters. The van der Waals surface area contributed by atoms with E-state index < -0.39 is 0 Å².